The van der Waals surface area contributed by atoms with Gasteiger partial charge in [0.15, 0.2) is 0 Å². The maximum absolute atomic E-state index is 11.7. The number of hydrogen-bond acceptors (Lipinski definition) is 4. The van der Waals surface area contributed by atoms with E-state index in [1.807, 2.05) is 0 Å². The monoisotopic (exact) mass is 238 g/mol. The number of carbonyl (C=O) groups is 1. The Balaban J connectivity index is 1.79. The fraction of sp³-hybridized carbons (Fsp3) is 0.636. The lowest BCUT2D eigenvalue weighted by Crippen LogP contribution is -2.32. The van der Waals surface area contributed by atoms with Crippen molar-refractivity contribution in [2.24, 2.45) is 5.92 Å². The highest BCUT2D eigenvalue weighted by Gasteiger charge is 2.20. The van der Waals surface area contributed by atoms with Crippen LogP contribution in [0.4, 0.5) is 5.69 Å². The largest absolute Gasteiger partial charge is 0.396 e. The highest BCUT2D eigenvalue weighted by molar-refractivity contribution is 5.96. The van der Waals surface area contributed by atoms with Crippen molar-refractivity contribution < 1.29 is 9.90 Å². The second-order valence-electron chi connectivity index (χ2n) is 4.58. The molecule has 6 nitrogen and oxygen atoms in total. The Morgan fingerprint density at radius 1 is 1.53 bits per heavy atom. The maximum Gasteiger partial charge on any atom is 0.271 e. The van der Waals surface area contributed by atoms with E-state index in [0.717, 1.165) is 25.7 Å². The summed E-state index contributed by atoms with van der Waals surface area (Å²) in [6, 6.07) is 0. The van der Waals surface area contributed by atoms with Gasteiger partial charge in [0.2, 0.25) is 0 Å². The van der Waals surface area contributed by atoms with Crippen LogP contribution in [0, 0.1) is 5.92 Å². The Kier molecular flexibility index (Phi) is 3.63. The predicted molar refractivity (Wildman–Crippen MR) is 63.3 cm³/mol. The third-order valence-electron chi connectivity index (χ3n) is 3.26. The van der Waals surface area contributed by atoms with Crippen molar-refractivity contribution in [2.75, 3.05) is 12.3 Å². The summed E-state index contributed by atoms with van der Waals surface area (Å²) < 4.78 is 0. The number of carbonyl (C=O) groups excluding carboxylic acids is 1. The molecule has 0 bridgehead atoms. The Morgan fingerprint density at radius 3 is 2.82 bits per heavy atom. The van der Waals surface area contributed by atoms with Crippen LogP contribution in [0.5, 0.6) is 0 Å². The topological polar surface area (TPSA) is 104 Å². The second-order valence-corrected chi connectivity index (χ2v) is 4.58. The minimum Gasteiger partial charge on any atom is -0.396 e. The molecule has 5 N–H and O–H groups in total. The molecule has 1 saturated carbocycles. The SMILES string of the molecule is Nc1cn[nH]c1C(=O)NCC1CCC(O)CC1. The molecule has 0 aromatic carbocycles. The number of H-pyrrole nitrogens is 1. The van der Waals surface area contributed by atoms with Crippen LogP contribution in [0.2, 0.25) is 0 Å². The summed E-state index contributed by atoms with van der Waals surface area (Å²) in [5.74, 6) is 0.234. The van der Waals surface area contributed by atoms with Gasteiger partial charge in [0, 0.05) is 6.54 Å². The van der Waals surface area contributed by atoms with E-state index in [1.165, 1.54) is 6.20 Å². The van der Waals surface area contributed by atoms with Crippen LogP contribution in [0.1, 0.15) is 36.2 Å². The van der Waals surface area contributed by atoms with E-state index in [9.17, 15) is 9.90 Å². The number of amides is 1. The zero-order valence-corrected chi connectivity index (χ0v) is 9.65. The van der Waals surface area contributed by atoms with Gasteiger partial charge >= 0.3 is 0 Å². The van der Waals surface area contributed by atoms with Gasteiger partial charge in [-0.15, -0.1) is 0 Å². The summed E-state index contributed by atoms with van der Waals surface area (Å²) in [6.07, 6.45) is 4.83. The standard InChI is InChI=1S/C11H18N4O2/c12-9-6-14-15-10(9)11(17)13-5-7-1-3-8(16)4-2-7/h6-8,16H,1-5,12H2,(H,13,17)(H,14,15). The average Bonchev–Trinajstić information content (AvgIpc) is 2.74. The molecule has 1 fully saturated rings. The number of aromatic amines is 1. The molecule has 2 rings (SSSR count). The summed E-state index contributed by atoms with van der Waals surface area (Å²) in [7, 11) is 0. The molecule has 17 heavy (non-hydrogen) atoms. The smallest absolute Gasteiger partial charge is 0.271 e. The lowest BCUT2D eigenvalue weighted by atomic mass is 9.87. The van der Waals surface area contributed by atoms with Crippen molar-refractivity contribution in [3.63, 3.8) is 0 Å². The van der Waals surface area contributed by atoms with Crippen LogP contribution < -0.4 is 11.1 Å². The summed E-state index contributed by atoms with van der Waals surface area (Å²) in [4.78, 5) is 11.7. The van der Waals surface area contributed by atoms with Gasteiger partial charge in [-0.05, 0) is 31.6 Å². The lowest BCUT2D eigenvalue weighted by molar-refractivity contribution is 0.0906. The van der Waals surface area contributed by atoms with Crippen molar-refractivity contribution in [1.29, 1.82) is 0 Å². The molecular formula is C11H18N4O2. The third-order valence-corrected chi connectivity index (χ3v) is 3.26. The summed E-state index contributed by atoms with van der Waals surface area (Å²) in [6.45, 7) is 0.629. The Hall–Kier alpha value is -1.56. The van der Waals surface area contributed by atoms with Crippen molar-refractivity contribution in [2.45, 2.75) is 31.8 Å². The van der Waals surface area contributed by atoms with E-state index >= 15 is 0 Å². The first-order chi connectivity index (χ1) is 8.16. The molecule has 0 aliphatic heterocycles. The van der Waals surface area contributed by atoms with Gasteiger partial charge in [0.25, 0.3) is 5.91 Å². The molecule has 0 saturated heterocycles. The first kappa shape index (κ1) is 11.9. The maximum atomic E-state index is 11.7. The minimum atomic E-state index is -0.217. The number of nitrogens with two attached hydrogens (primary N) is 1. The van der Waals surface area contributed by atoms with Gasteiger partial charge in [0.1, 0.15) is 5.69 Å². The fourth-order valence-electron chi connectivity index (χ4n) is 2.15. The first-order valence-corrected chi connectivity index (χ1v) is 5.92. The van der Waals surface area contributed by atoms with Gasteiger partial charge in [-0.25, -0.2) is 0 Å². The van der Waals surface area contributed by atoms with Gasteiger partial charge in [-0.2, -0.15) is 5.10 Å². The average molecular weight is 238 g/mol. The number of aliphatic hydroxyl groups excluding tert-OH is 1. The molecule has 1 heterocycles. The van der Waals surface area contributed by atoms with E-state index in [0.29, 0.717) is 23.8 Å². The third kappa shape index (κ3) is 2.97. The number of aromatic nitrogens is 2. The summed E-state index contributed by atoms with van der Waals surface area (Å²) >= 11 is 0. The Bertz CT molecular complexity index is 383. The number of nitrogen functional groups attached to an aromatic ring is 1. The Labute approximate surface area is 99.6 Å². The van der Waals surface area contributed by atoms with Crippen LogP contribution in [0.15, 0.2) is 6.20 Å². The molecule has 0 spiro atoms. The summed E-state index contributed by atoms with van der Waals surface area (Å²) in [5.41, 5.74) is 6.26. The van der Waals surface area contributed by atoms with Gasteiger partial charge in [0.05, 0.1) is 18.0 Å². The zero-order valence-electron chi connectivity index (χ0n) is 9.65. The zero-order chi connectivity index (χ0) is 12.3. The van der Waals surface area contributed by atoms with E-state index < -0.39 is 0 Å². The highest BCUT2D eigenvalue weighted by Crippen LogP contribution is 2.23. The van der Waals surface area contributed by atoms with E-state index in [-0.39, 0.29) is 12.0 Å². The van der Waals surface area contributed by atoms with Crippen LogP contribution in [-0.2, 0) is 0 Å². The second kappa shape index (κ2) is 5.18. The van der Waals surface area contributed by atoms with E-state index in [4.69, 9.17) is 5.73 Å². The van der Waals surface area contributed by atoms with Crippen molar-refractivity contribution in [3.05, 3.63) is 11.9 Å². The number of anilines is 1. The summed E-state index contributed by atoms with van der Waals surface area (Å²) in [5, 5.41) is 18.5. The molecular weight excluding hydrogens is 220 g/mol. The number of aliphatic hydroxyl groups is 1. The van der Waals surface area contributed by atoms with Gasteiger partial charge in [-0.3, -0.25) is 9.89 Å². The van der Waals surface area contributed by atoms with Crippen LogP contribution >= 0.6 is 0 Å². The van der Waals surface area contributed by atoms with Crippen LogP contribution in [0.3, 0.4) is 0 Å². The van der Waals surface area contributed by atoms with E-state index in [1.54, 1.807) is 0 Å². The van der Waals surface area contributed by atoms with Crippen molar-refractivity contribution in [1.82, 2.24) is 15.5 Å². The van der Waals surface area contributed by atoms with Gasteiger partial charge < -0.3 is 16.2 Å². The normalized spacial score (nSPS) is 24.5. The van der Waals surface area contributed by atoms with Crippen molar-refractivity contribution in [3.8, 4) is 0 Å². The predicted octanol–water partition coefficient (Wildman–Crippen LogP) is 0.273. The van der Waals surface area contributed by atoms with Crippen LogP contribution in [0.25, 0.3) is 0 Å². The molecule has 0 unspecified atom stereocenters. The molecule has 1 aromatic heterocycles. The number of nitrogens with one attached hydrogen (secondary N) is 2. The molecule has 1 aromatic rings. The molecule has 0 radical (unpaired) electrons. The molecule has 1 amide bonds. The molecule has 1 aliphatic rings. The lowest BCUT2D eigenvalue weighted by Gasteiger charge is -2.25. The Morgan fingerprint density at radius 2 is 2.24 bits per heavy atom. The first-order valence-electron chi connectivity index (χ1n) is 5.92. The quantitative estimate of drug-likeness (QED) is 0.606. The fourth-order valence-corrected chi connectivity index (χ4v) is 2.15. The number of rotatable bonds is 3. The van der Waals surface area contributed by atoms with Crippen LogP contribution in [-0.4, -0.2) is 33.9 Å². The highest BCUT2D eigenvalue weighted by atomic mass is 16.3. The molecule has 6 heteroatoms. The minimum absolute atomic E-state index is 0.162. The number of nitrogens with zero attached hydrogens (tertiary/aromatic N) is 1. The van der Waals surface area contributed by atoms with Gasteiger partial charge in [-0.1, -0.05) is 0 Å². The van der Waals surface area contributed by atoms with Crippen molar-refractivity contribution >= 4 is 11.6 Å². The molecule has 0 atom stereocenters. The number of hydrogen-bond donors (Lipinski definition) is 4. The molecule has 1 aliphatic carbocycles. The molecule has 94 valence electrons. The van der Waals surface area contributed by atoms with E-state index in [2.05, 4.69) is 15.5 Å².